The predicted octanol–water partition coefficient (Wildman–Crippen LogP) is 3.97. The SMILES string of the molecule is O=S(=O)(NCc1ccccc1)c1ccc(Cl)c2ccccc12. The molecule has 0 spiro atoms. The average molecular weight is 332 g/mol. The zero-order valence-corrected chi connectivity index (χ0v) is 13.2. The highest BCUT2D eigenvalue weighted by Crippen LogP contribution is 2.29. The van der Waals surface area contributed by atoms with E-state index in [2.05, 4.69) is 4.72 Å². The van der Waals surface area contributed by atoms with Crippen LogP contribution in [-0.2, 0) is 16.6 Å². The van der Waals surface area contributed by atoms with E-state index < -0.39 is 10.0 Å². The van der Waals surface area contributed by atoms with Crippen molar-refractivity contribution < 1.29 is 8.42 Å². The van der Waals surface area contributed by atoms with Gasteiger partial charge in [-0.05, 0) is 17.7 Å². The third-order valence-electron chi connectivity index (χ3n) is 3.43. The van der Waals surface area contributed by atoms with Crippen LogP contribution in [0.4, 0.5) is 0 Å². The molecule has 3 aromatic rings. The molecule has 0 saturated carbocycles. The van der Waals surface area contributed by atoms with Crippen molar-refractivity contribution in [1.29, 1.82) is 0 Å². The van der Waals surface area contributed by atoms with E-state index in [1.807, 2.05) is 42.5 Å². The van der Waals surface area contributed by atoms with Gasteiger partial charge in [-0.3, -0.25) is 0 Å². The first-order valence-electron chi connectivity index (χ1n) is 6.79. The first kappa shape index (κ1) is 15.0. The minimum Gasteiger partial charge on any atom is -0.207 e. The van der Waals surface area contributed by atoms with Crippen LogP contribution in [0.25, 0.3) is 10.8 Å². The van der Waals surface area contributed by atoms with Crippen LogP contribution in [0.1, 0.15) is 5.56 Å². The third kappa shape index (κ3) is 2.99. The van der Waals surface area contributed by atoms with Crippen molar-refractivity contribution >= 4 is 32.4 Å². The molecule has 0 saturated heterocycles. The lowest BCUT2D eigenvalue weighted by Gasteiger charge is -2.10. The van der Waals surface area contributed by atoms with E-state index >= 15 is 0 Å². The molecule has 0 aromatic heterocycles. The fourth-order valence-electron chi connectivity index (χ4n) is 2.32. The summed E-state index contributed by atoms with van der Waals surface area (Å²) in [6.45, 7) is 0.250. The quantitative estimate of drug-likeness (QED) is 0.786. The summed E-state index contributed by atoms with van der Waals surface area (Å²) < 4.78 is 27.8. The summed E-state index contributed by atoms with van der Waals surface area (Å²) in [5, 5.41) is 1.89. The summed E-state index contributed by atoms with van der Waals surface area (Å²) in [6, 6.07) is 19.8. The molecule has 0 unspecified atom stereocenters. The molecule has 3 aromatic carbocycles. The fourth-order valence-corrected chi connectivity index (χ4v) is 3.78. The summed E-state index contributed by atoms with van der Waals surface area (Å²) in [6.07, 6.45) is 0. The summed E-state index contributed by atoms with van der Waals surface area (Å²) in [7, 11) is -3.61. The Balaban J connectivity index is 1.98. The van der Waals surface area contributed by atoms with Crippen LogP contribution in [0.15, 0.2) is 71.6 Å². The van der Waals surface area contributed by atoms with Crippen molar-refractivity contribution in [2.45, 2.75) is 11.4 Å². The van der Waals surface area contributed by atoms with Gasteiger partial charge in [-0.1, -0.05) is 66.2 Å². The molecule has 0 amide bonds. The summed E-state index contributed by atoms with van der Waals surface area (Å²) in [4.78, 5) is 0.239. The van der Waals surface area contributed by atoms with Crippen molar-refractivity contribution in [2.24, 2.45) is 0 Å². The van der Waals surface area contributed by atoms with Crippen LogP contribution >= 0.6 is 11.6 Å². The van der Waals surface area contributed by atoms with E-state index in [9.17, 15) is 8.42 Å². The van der Waals surface area contributed by atoms with Gasteiger partial charge in [0, 0.05) is 22.3 Å². The highest BCUT2D eigenvalue weighted by atomic mass is 35.5. The van der Waals surface area contributed by atoms with Crippen LogP contribution in [0.3, 0.4) is 0 Å². The molecule has 5 heteroatoms. The highest BCUT2D eigenvalue weighted by Gasteiger charge is 2.17. The maximum Gasteiger partial charge on any atom is 0.241 e. The third-order valence-corrected chi connectivity index (χ3v) is 5.22. The molecular weight excluding hydrogens is 318 g/mol. The van der Waals surface area contributed by atoms with Gasteiger partial charge in [0.25, 0.3) is 0 Å². The molecule has 0 bridgehead atoms. The lowest BCUT2D eigenvalue weighted by molar-refractivity contribution is 0.582. The molecule has 0 aliphatic rings. The maximum absolute atomic E-state index is 12.6. The Bertz CT molecular complexity index is 908. The predicted molar refractivity (Wildman–Crippen MR) is 89.4 cm³/mol. The molecule has 0 heterocycles. The Kier molecular flexibility index (Phi) is 4.16. The number of rotatable bonds is 4. The molecule has 1 N–H and O–H groups in total. The Hall–Kier alpha value is -1.88. The second-order valence-electron chi connectivity index (χ2n) is 4.90. The first-order chi connectivity index (χ1) is 10.6. The number of sulfonamides is 1. The van der Waals surface area contributed by atoms with Gasteiger partial charge in [0.15, 0.2) is 0 Å². The summed E-state index contributed by atoms with van der Waals surface area (Å²) in [5.41, 5.74) is 0.907. The van der Waals surface area contributed by atoms with E-state index in [4.69, 9.17) is 11.6 Å². The van der Waals surface area contributed by atoms with Crippen molar-refractivity contribution in [3.63, 3.8) is 0 Å². The number of hydrogen-bond donors (Lipinski definition) is 1. The van der Waals surface area contributed by atoms with Gasteiger partial charge in [-0.25, -0.2) is 13.1 Å². The van der Waals surface area contributed by atoms with Crippen LogP contribution in [0, 0.1) is 0 Å². The van der Waals surface area contributed by atoms with E-state index in [-0.39, 0.29) is 11.4 Å². The topological polar surface area (TPSA) is 46.2 Å². The van der Waals surface area contributed by atoms with Crippen LogP contribution in [0.2, 0.25) is 5.02 Å². The molecule has 0 atom stereocenters. The lowest BCUT2D eigenvalue weighted by Crippen LogP contribution is -2.23. The zero-order chi connectivity index (χ0) is 15.6. The summed E-state index contributed by atoms with van der Waals surface area (Å²) >= 11 is 6.14. The second-order valence-corrected chi connectivity index (χ2v) is 7.04. The molecule has 0 aliphatic carbocycles. The molecule has 0 radical (unpaired) electrons. The van der Waals surface area contributed by atoms with Gasteiger partial charge >= 0.3 is 0 Å². The summed E-state index contributed by atoms with van der Waals surface area (Å²) in [5.74, 6) is 0. The standard InChI is InChI=1S/C17H14ClNO2S/c18-16-10-11-17(15-9-5-4-8-14(15)16)22(20,21)19-12-13-6-2-1-3-7-13/h1-11,19H,12H2. The monoisotopic (exact) mass is 331 g/mol. The van der Waals surface area contributed by atoms with E-state index in [0.29, 0.717) is 10.4 Å². The molecule has 0 fully saturated rings. The number of nitrogens with one attached hydrogen (secondary N) is 1. The normalized spacial score (nSPS) is 11.7. The number of benzene rings is 3. The number of fused-ring (bicyclic) bond motifs is 1. The van der Waals surface area contributed by atoms with Crippen LogP contribution in [0.5, 0.6) is 0 Å². The lowest BCUT2D eigenvalue weighted by atomic mass is 10.1. The molecule has 0 aliphatic heterocycles. The van der Waals surface area contributed by atoms with E-state index in [0.717, 1.165) is 10.9 Å². The number of hydrogen-bond acceptors (Lipinski definition) is 2. The average Bonchev–Trinajstić information content (AvgIpc) is 2.54. The van der Waals surface area contributed by atoms with Crippen molar-refractivity contribution in [3.05, 3.63) is 77.3 Å². The van der Waals surface area contributed by atoms with Crippen LogP contribution in [-0.4, -0.2) is 8.42 Å². The smallest absolute Gasteiger partial charge is 0.207 e. The molecular formula is C17H14ClNO2S. The van der Waals surface area contributed by atoms with Gasteiger partial charge in [0.1, 0.15) is 0 Å². The van der Waals surface area contributed by atoms with Crippen LogP contribution < -0.4 is 4.72 Å². The van der Waals surface area contributed by atoms with Gasteiger partial charge < -0.3 is 0 Å². The van der Waals surface area contributed by atoms with Gasteiger partial charge in [0.2, 0.25) is 10.0 Å². The minimum absolute atomic E-state index is 0.239. The van der Waals surface area contributed by atoms with Crippen molar-refractivity contribution in [3.8, 4) is 0 Å². The Morgan fingerprint density at radius 1 is 0.818 bits per heavy atom. The number of halogens is 1. The van der Waals surface area contributed by atoms with Crippen molar-refractivity contribution in [1.82, 2.24) is 4.72 Å². The molecule has 3 rings (SSSR count). The Morgan fingerprint density at radius 2 is 1.45 bits per heavy atom. The second kappa shape index (κ2) is 6.08. The largest absolute Gasteiger partial charge is 0.241 e. The van der Waals surface area contributed by atoms with Gasteiger partial charge in [0.05, 0.1) is 4.90 Å². The Labute approximate surface area is 134 Å². The molecule has 112 valence electrons. The highest BCUT2D eigenvalue weighted by molar-refractivity contribution is 7.89. The van der Waals surface area contributed by atoms with E-state index in [1.165, 1.54) is 6.07 Å². The van der Waals surface area contributed by atoms with E-state index in [1.54, 1.807) is 18.2 Å². The zero-order valence-electron chi connectivity index (χ0n) is 11.7. The molecule has 3 nitrogen and oxygen atoms in total. The first-order valence-corrected chi connectivity index (χ1v) is 8.65. The fraction of sp³-hybridized carbons (Fsp3) is 0.0588. The maximum atomic E-state index is 12.6. The Morgan fingerprint density at radius 3 is 2.18 bits per heavy atom. The van der Waals surface area contributed by atoms with Crippen molar-refractivity contribution in [2.75, 3.05) is 0 Å². The molecule has 22 heavy (non-hydrogen) atoms. The van der Waals surface area contributed by atoms with Gasteiger partial charge in [-0.15, -0.1) is 0 Å². The van der Waals surface area contributed by atoms with Gasteiger partial charge in [-0.2, -0.15) is 0 Å². The minimum atomic E-state index is -3.61.